The smallest absolute Gasteiger partial charge is 0.228 e. The Kier molecular flexibility index (Phi) is 5.88. The number of hydrogen-bond donors (Lipinski definition) is 0. The van der Waals surface area contributed by atoms with Crippen LogP contribution in [0.1, 0.15) is 49.4 Å². The maximum atomic E-state index is 12.1. The van der Waals surface area contributed by atoms with Crippen molar-refractivity contribution >= 4 is 22.9 Å². The van der Waals surface area contributed by atoms with Crippen LogP contribution in [0.15, 0.2) is 41.8 Å². The molecule has 2 rings (SSSR count). The molecule has 0 spiro atoms. The van der Waals surface area contributed by atoms with Crippen LogP contribution >= 0.6 is 11.3 Å². The summed E-state index contributed by atoms with van der Waals surface area (Å²) >= 11 is 1.66. The molecule has 0 saturated heterocycles. The highest BCUT2D eigenvalue weighted by molar-refractivity contribution is 7.13. The second kappa shape index (κ2) is 7.89. The minimum Gasteiger partial charge on any atom is -0.290 e. The number of carbonyl (C=O) groups excluding carboxylic acids is 2. The Labute approximate surface area is 129 Å². The van der Waals surface area contributed by atoms with E-state index in [-0.39, 0.29) is 11.6 Å². The third-order valence-corrected chi connectivity index (χ3v) is 4.38. The summed E-state index contributed by atoms with van der Waals surface area (Å²) < 4.78 is 0. The third kappa shape index (κ3) is 4.36. The van der Waals surface area contributed by atoms with Gasteiger partial charge >= 0.3 is 0 Å². The van der Waals surface area contributed by atoms with Crippen LogP contribution in [0.2, 0.25) is 0 Å². The molecule has 110 valence electrons. The molecule has 0 fully saturated rings. The number of rotatable bonds is 8. The zero-order valence-electron chi connectivity index (χ0n) is 12.3. The Bertz CT molecular complexity index is 582. The van der Waals surface area contributed by atoms with Crippen LogP contribution in [0.25, 0.3) is 10.4 Å². The molecule has 2 nitrogen and oxygen atoms in total. The molecule has 0 atom stereocenters. The highest BCUT2D eigenvalue weighted by Gasteiger charge is 2.15. The number of ketones is 2. The Morgan fingerprint density at radius 2 is 1.76 bits per heavy atom. The SMILES string of the molecule is CCCCCCC(=O)C(=O)c1ccc(-c2cccs2)cc1. The quantitative estimate of drug-likeness (QED) is 0.384. The van der Waals surface area contributed by atoms with Crippen LogP contribution in [0.5, 0.6) is 0 Å². The van der Waals surface area contributed by atoms with Gasteiger partial charge in [0.2, 0.25) is 11.6 Å². The summed E-state index contributed by atoms with van der Waals surface area (Å²) in [5.41, 5.74) is 1.58. The number of thiophene rings is 1. The summed E-state index contributed by atoms with van der Waals surface area (Å²) in [6.45, 7) is 2.13. The van der Waals surface area contributed by atoms with E-state index in [9.17, 15) is 9.59 Å². The summed E-state index contributed by atoms with van der Waals surface area (Å²) in [6.07, 6.45) is 4.45. The van der Waals surface area contributed by atoms with Gasteiger partial charge in [0.1, 0.15) is 0 Å². The number of Topliss-reactive ketones (excluding diaryl/α,β-unsaturated/α-hetero) is 2. The van der Waals surface area contributed by atoms with Crippen LogP contribution in [0, 0.1) is 0 Å². The fourth-order valence-corrected chi connectivity index (χ4v) is 2.95. The first-order valence-corrected chi connectivity index (χ1v) is 8.32. The molecule has 0 unspecified atom stereocenters. The molecular formula is C18H20O2S. The predicted octanol–water partition coefficient (Wildman–Crippen LogP) is 5.14. The van der Waals surface area contributed by atoms with E-state index in [1.165, 1.54) is 4.88 Å². The lowest BCUT2D eigenvalue weighted by Gasteiger charge is -2.02. The lowest BCUT2D eigenvalue weighted by molar-refractivity contribution is -0.115. The molecule has 21 heavy (non-hydrogen) atoms. The van der Waals surface area contributed by atoms with Gasteiger partial charge in [0.25, 0.3) is 0 Å². The van der Waals surface area contributed by atoms with E-state index >= 15 is 0 Å². The minimum atomic E-state index is -0.357. The molecule has 1 aromatic carbocycles. The summed E-state index contributed by atoms with van der Waals surface area (Å²) in [4.78, 5) is 25.1. The number of benzene rings is 1. The van der Waals surface area contributed by atoms with Crippen molar-refractivity contribution in [3.05, 3.63) is 47.3 Å². The highest BCUT2D eigenvalue weighted by Crippen LogP contribution is 2.24. The van der Waals surface area contributed by atoms with Crippen LogP contribution in [-0.4, -0.2) is 11.6 Å². The average molecular weight is 300 g/mol. The van der Waals surface area contributed by atoms with Crippen molar-refractivity contribution in [2.75, 3.05) is 0 Å². The standard InChI is InChI=1S/C18H20O2S/c1-2-3-4-5-7-16(19)18(20)15-11-9-14(10-12-15)17-8-6-13-21-17/h6,8-13H,2-5,7H2,1H3. The second-order valence-electron chi connectivity index (χ2n) is 5.12. The molecule has 1 aromatic heterocycles. The maximum absolute atomic E-state index is 12.1. The molecule has 0 amide bonds. The maximum Gasteiger partial charge on any atom is 0.228 e. The van der Waals surface area contributed by atoms with Gasteiger partial charge < -0.3 is 0 Å². The Balaban J connectivity index is 1.95. The first-order chi connectivity index (χ1) is 10.2. The number of unbranched alkanes of at least 4 members (excludes halogenated alkanes) is 3. The normalized spacial score (nSPS) is 10.5. The van der Waals surface area contributed by atoms with Crippen molar-refractivity contribution in [1.29, 1.82) is 0 Å². The van der Waals surface area contributed by atoms with Gasteiger partial charge in [0, 0.05) is 16.9 Å². The lowest BCUT2D eigenvalue weighted by Crippen LogP contribution is -2.13. The third-order valence-electron chi connectivity index (χ3n) is 3.46. The Morgan fingerprint density at radius 1 is 1.00 bits per heavy atom. The molecule has 1 heterocycles. The molecule has 0 aliphatic heterocycles. The average Bonchev–Trinajstić information content (AvgIpc) is 3.05. The summed E-state index contributed by atoms with van der Waals surface area (Å²) in [7, 11) is 0. The van der Waals surface area contributed by atoms with E-state index in [0.717, 1.165) is 31.2 Å². The zero-order chi connectivity index (χ0) is 15.1. The summed E-state index contributed by atoms with van der Waals surface area (Å²) in [5.74, 6) is -0.626. The van der Waals surface area contributed by atoms with E-state index in [1.807, 2.05) is 29.6 Å². The Morgan fingerprint density at radius 3 is 2.38 bits per heavy atom. The van der Waals surface area contributed by atoms with Gasteiger partial charge in [0.05, 0.1) is 0 Å². The molecule has 0 aliphatic rings. The molecule has 0 radical (unpaired) electrons. The first kappa shape index (κ1) is 15.6. The molecule has 0 saturated carbocycles. The predicted molar refractivity (Wildman–Crippen MR) is 87.9 cm³/mol. The van der Waals surface area contributed by atoms with Crippen LogP contribution in [-0.2, 0) is 4.79 Å². The van der Waals surface area contributed by atoms with Gasteiger partial charge in [-0.15, -0.1) is 11.3 Å². The van der Waals surface area contributed by atoms with Crippen LogP contribution in [0.4, 0.5) is 0 Å². The lowest BCUT2D eigenvalue weighted by atomic mass is 10.0. The van der Waals surface area contributed by atoms with Crippen molar-refractivity contribution in [2.45, 2.75) is 39.0 Å². The van der Waals surface area contributed by atoms with Gasteiger partial charge in [-0.3, -0.25) is 9.59 Å². The van der Waals surface area contributed by atoms with Gasteiger partial charge in [-0.1, -0.05) is 56.5 Å². The van der Waals surface area contributed by atoms with E-state index < -0.39 is 0 Å². The van der Waals surface area contributed by atoms with Crippen LogP contribution in [0.3, 0.4) is 0 Å². The highest BCUT2D eigenvalue weighted by atomic mass is 32.1. The Hall–Kier alpha value is -1.74. The summed E-state index contributed by atoms with van der Waals surface area (Å²) in [6, 6.07) is 11.4. The molecular weight excluding hydrogens is 280 g/mol. The number of hydrogen-bond acceptors (Lipinski definition) is 3. The fraction of sp³-hybridized carbons (Fsp3) is 0.333. The van der Waals surface area contributed by atoms with Gasteiger partial charge in [-0.25, -0.2) is 0 Å². The van der Waals surface area contributed by atoms with E-state index in [4.69, 9.17) is 0 Å². The molecule has 0 N–H and O–H groups in total. The van der Waals surface area contributed by atoms with Crippen molar-refractivity contribution in [1.82, 2.24) is 0 Å². The van der Waals surface area contributed by atoms with Crippen molar-refractivity contribution in [3.63, 3.8) is 0 Å². The van der Waals surface area contributed by atoms with Gasteiger partial charge in [-0.05, 0) is 23.4 Å². The molecule has 3 heteroatoms. The molecule has 0 aliphatic carbocycles. The van der Waals surface area contributed by atoms with E-state index in [0.29, 0.717) is 12.0 Å². The largest absolute Gasteiger partial charge is 0.290 e. The van der Waals surface area contributed by atoms with Crippen molar-refractivity contribution in [3.8, 4) is 10.4 Å². The zero-order valence-corrected chi connectivity index (χ0v) is 13.1. The topological polar surface area (TPSA) is 34.1 Å². The molecule has 0 bridgehead atoms. The minimum absolute atomic E-state index is 0.269. The summed E-state index contributed by atoms with van der Waals surface area (Å²) in [5, 5.41) is 2.02. The second-order valence-corrected chi connectivity index (χ2v) is 6.07. The van der Waals surface area contributed by atoms with Gasteiger partial charge in [-0.2, -0.15) is 0 Å². The van der Waals surface area contributed by atoms with E-state index in [2.05, 4.69) is 6.92 Å². The van der Waals surface area contributed by atoms with Crippen molar-refractivity contribution < 1.29 is 9.59 Å². The van der Waals surface area contributed by atoms with Crippen molar-refractivity contribution in [2.24, 2.45) is 0 Å². The van der Waals surface area contributed by atoms with Crippen LogP contribution < -0.4 is 0 Å². The molecule has 2 aromatic rings. The van der Waals surface area contributed by atoms with Gasteiger partial charge in [0.15, 0.2) is 0 Å². The first-order valence-electron chi connectivity index (χ1n) is 7.44. The monoisotopic (exact) mass is 300 g/mol. The fourth-order valence-electron chi connectivity index (χ4n) is 2.22. The number of carbonyl (C=O) groups is 2. The van der Waals surface area contributed by atoms with E-state index in [1.54, 1.807) is 23.5 Å².